The van der Waals surface area contributed by atoms with Gasteiger partial charge in [0.2, 0.25) is 0 Å². The van der Waals surface area contributed by atoms with Gasteiger partial charge in [-0.05, 0) is 68.0 Å². The van der Waals surface area contributed by atoms with Gasteiger partial charge in [0, 0.05) is 12.2 Å². The second-order valence-corrected chi connectivity index (χ2v) is 6.51. The van der Waals surface area contributed by atoms with Gasteiger partial charge in [-0.15, -0.1) is 0 Å². The first-order valence-corrected chi connectivity index (χ1v) is 8.26. The quantitative estimate of drug-likeness (QED) is 0.833. The lowest BCUT2D eigenvalue weighted by molar-refractivity contribution is 0.207. The molecule has 1 N–H and O–H groups in total. The molecule has 2 aromatic carbocycles. The third-order valence-corrected chi connectivity index (χ3v) is 4.53. The van der Waals surface area contributed by atoms with Gasteiger partial charge >= 0.3 is 6.03 Å². The first-order valence-electron chi connectivity index (χ1n) is 8.26. The number of carbonyl (C=O) groups excluding carboxylic acids is 1. The predicted molar refractivity (Wildman–Crippen MR) is 94.8 cm³/mol. The highest BCUT2D eigenvalue weighted by molar-refractivity contribution is 5.90. The van der Waals surface area contributed by atoms with E-state index in [1.54, 1.807) is 0 Å². The Hall–Kier alpha value is -2.29. The minimum absolute atomic E-state index is 0.000697. The van der Waals surface area contributed by atoms with Gasteiger partial charge in [-0.3, -0.25) is 0 Å². The average molecular weight is 308 g/mol. The molecule has 0 bridgehead atoms. The van der Waals surface area contributed by atoms with Crippen molar-refractivity contribution in [3.63, 3.8) is 0 Å². The highest BCUT2D eigenvalue weighted by Gasteiger charge is 2.30. The minimum atomic E-state index is 0.000697. The lowest BCUT2D eigenvalue weighted by atomic mass is 9.99. The van der Waals surface area contributed by atoms with Gasteiger partial charge < -0.3 is 10.2 Å². The number of amides is 2. The number of urea groups is 1. The molecule has 1 atom stereocenters. The van der Waals surface area contributed by atoms with Gasteiger partial charge in [-0.1, -0.05) is 30.3 Å². The van der Waals surface area contributed by atoms with Crippen molar-refractivity contribution in [2.75, 3.05) is 11.9 Å². The van der Waals surface area contributed by atoms with Crippen LogP contribution in [0.4, 0.5) is 10.5 Å². The van der Waals surface area contributed by atoms with Gasteiger partial charge in [-0.2, -0.15) is 0 Å². The van der Waals surface area contributed by atoms with Crippen LogP contribution in [0.1, 0.15) is 41.1 Å². The molecule has 1 aliphatic rings. The Bertz CT molecular complexity index is 703. The first kappa shape index (κ1) is 15.6. The molecule has 1 saturated heterocycles. The fourth-order valence-electron chi connectivity index (χ4n) is 3.54. The van der Waals surface area contributed by atoms with E-state index in [0.29, 0.717) is 0 Å². The summed E-state index contributed by atoms with van der Waals surface area (Å²) in [5.41, 5.74) is 5.72. The van der Waals surface area contributed by atoms with Crippen molar-refractivity contribution < 1.29 is 4.79 Å². The van der Waals surface area contributed by atoms with Crippen LogP contribution >= 0.6 is 0 Å². The van der Waals surface area contributed by atoms with Crippen LogP contribution in [0, 0.1) is 20.8 Å². The van der Waals surface area contributed by atoms with Crippen LogP contribution in [0.25, 0.3) is 0 Å². The highest BCUT2D eigenvalue weighted by Crippen LogP contribution is 2.34. The summed E-state index contributed by atoms with van der Waals surface area (Å²) in [6.45, 7) is 7.03. The maximum absolute atomic E-state index is 12.7. The van der Waals surface area contributed by atoms with Crippen LogP contribution in [0.5, 0.6) is 0 Å². The summed E-state index contributed by atoms with van der Waals surface area (Å²) in [6.07, 6.45) is 2.09. The lowest BCUT2D eigenvalue weighted by Gasteiger charge is -2.26. The van der Waals surface area contributed by atoms with E-state index in [1.807, 2.05) is 23.1 Å². The fourth-order valence-corrected chi connectivity index (χ4v) is 3.54. The third-order valence-electron chi connectivity index (χ3n) is 4.53. The molecule has 2 amide bonds. The molecule has 1 aliphatic heterocycles. The van der Waals surface area contributed by atoms with E-state index in [0.717, 1.165) is 36.2 Å². The summed E-state index contributed by atoms with van der Waals surface area (Å²) >= 11 is 0. The van der Waals surface area contributed by atoms with E-state index in [-0.39, 0.29) is 12.1 Å². The van der Waals surface area contributed by atoms with Crippen molar-refractivity contribution in [3.8, 4) is 0 Å². The molecule has 0 aromatic heterocycles. The van der Waals surface area contributed by atoms with Crippen LogP contribution in [0.3, 0.4) is 0 Å². The van der Waals surface area contributed by atoms with Gasteiger partial charge in [-0.25, -0.2) is 4.79 Å². The maximum Gasteiger partial charge on any atom is 0.322 e. The molecule has 1 heterocycles. The molecule has 2 aromatic rings. The number of likely N-dealkylation sites (tertiary alicyclic amines) is 1. The van der Waals surface area contributed by atoms with Crippen LogP contribution in [0.15, 0.2) is 42.5 Å². The first-order chi connectivity index (χ1) is 11.0. The monoisotopic (exact) mass is 308 g/mol. The van der Waals surface area contributed by atoms with Crippen LogP contribution in [-0.4, -0.2) is 17.5 Å². The summed E-state index contributed by atoms with van der Waals surface area (Å²) in [7, 11) is 0. The number of hydrogen-bond acceptors (Lipinski definition) is 1. The van der Waals surface area contributed by atoms with Crippen molar-refractivity contribution in [2.45, 2.75) is 39.7 Å². The number of carbonyl (C=O) groups is 1. The highest BCUT2D eigenvalue weighted by atomic mass is 16.2. The van der Waals surface area contributed by atoms with Crippen molar-refractivity contribution in [3.05, 3.63) is 64.7 Å². The zero-order valence-corrected chi connectivity index (χ0v) is 14.1. The smallest absolute Gasteiger partial charge is 0.317 e. The van der Waals surface area contributed by atoms with Crippen LogP contribution in [-0.2, 0) is 0 Å². The second kappa shape index (κ2) is 6.45. The summed E-state index contributed by atoms with van der Waals surface area (Å²) in [5.74, 6) is 0. The van der Waals surface area contributed by atoms with Crippen molar-refractivity contribution in [2.24, 2.45) is 0 Å². The van der Waals surface area contributed by atoms with Crippen molar-refractivity contribution in [1.82, 2.24) is 4.90 Å². The van der Waals surface area contributed by atoms with Crippen LogP contribution < -0.4 is 5.32 Å². The number of nitrogens with one attached hydrogen (secondary N) is 1. The van der Waals surface area contributed by atoms with E-state index in [1.165, 1.54) is 11.1 Å². The topological polar surface area (TPSA) is 32.3 Å². The number of rotatable bonds is 2. The SMILES string of the molecule is Cc1cc(C)cc(NC(=O)N2CCC[C@H]2c2ccccc2C)c1. The normalized spacial score (nSPS) is 17.3. The molecule has 0 radical (unpaired) electrons. The van der Waals surface area contributed by atoms with Crippen LogP contribution in [0.2, 0.25) is 0 Å². The molecule has 23 heavy (non-hydrogen) atoms. The standard InChI is InChI=1S/C20H24N2O/c1-14-11-15(2)13-17(12-14)21-20(23)22-10-6-9-19(22)18-8-5-4-7-16(18)3/h4-5,7-8,11-13,19H,6,9-10H2,1-3H3,(H,21,23)/t19-/m0/s1. The second-order valence-electron chi connectivity index (χ2n) is 6.51. The van der Waals surface area contributed by atoms with E-state index >= 15 is 0 Å². The van der Waals surface area contributed by atoms with Gasteiger partial charge in [0.25, 0.3) is 0 Å². The molecule has 3 heteroatoms. The Morgan fingerprint density at radius 2 is 1.78 bits per heavy atom. The number of hydrogen-bond donors (Lipinski definition) is 1. The maximum atomic E-state index is 12.7. The molecule has 0 unspecified atom stereocenters. The third kappa shape index (κ3) is 3.39. The zero-order valence-electron chi connectivity index (χ0n) is 14.1. The Morgan fingerprint density at radius 3 is 2.48 bits per heavy atom. The van der Waals surface area contributed by atoms with E-state index in [9.17, 15) is 4.79 Å². The summed E-state index contributed by atoms with van der Waals surface area (Å²) in [5, 5.41) is 3.07. The Balaban J connectivity index is 1.80. The molecule has 0 saturated carbocycles. The molecule has 0 spiro atoms. The predicted octanol–water partition coefficient (Wildman–Crippen LogP) is 4.98. The lowest BCUT2D eigenvalue weighted by Crippen LogP contribution is -2.34. The molecule has 120 valence electrons. The van der Waals surface area contributed by atoms with E-state index < -0.39 is 0 Å². The number of anilines is 1. The van der Waals surface area contributed by atoms with Gasteiger partial charge in [0.15, 0.2) is 0 Å². The minimum Gasteiger partial charge on any atom is -0.317 e. The Kier molecular flexibility index (Phi) is 4.37. The van der Waals surface area contributed by atoms with E-state index in [4.69, 9.17) is 0 Å². The summed E-state index contributed by atoms with van der Waals surface area (Å²) in [6, 6.07) is 14.7. The molecule has 0 aliphatic carbocycles. The summed E-state index contributed by atoms with van der Waals surface area (Å²) in [4.78, 5) is 14.7. The molecular weight excluding hydrogens is 284 g/mol. The summed E-state index contributed by atoms with van der Waals surface area (Å²) < 4.78 is 0. The number of aryl methyl sites for hydroxylation is 3. The van der Waals surface area contributed by atoms with Gasteiger partial charge in [0.05, 0.1) is 6.04 Å². The van der Waals surface area contributed by atoms with Crippen molar-refractivity contribution in [1.29, 1.82) is 0 Å². The number of benzene rings is 2. The zero-order chi connectivity index (χ0) is 16.4. The van der Waals surface area contributed by atoms with E-state index in [2.05, 4.69) is 50.4 Å². The molecular formula is C20H24N2O. The molecule has 1 fully saturated rings. The number of nitrogens with zero attached hydrogens (tertiary/aromatic N) is 1. The largest absolute Gasteiger partial charge is 0.322 e. The Morgan fingerprint density at radius 1 is 1.09 bits per heavy atom. The fraction of sp³-hybridized carbons (Fsp3) is 0.350. The molecule has 3 nitrogen and oxygen atoms in total. The van der Waals surface area contributed by atoms with Crippen molar-refractivity contribution >= 4 is 11.7 Å². The van der Waals surface area contributed by atoms with Gasteiger partial charge in [0.1, 0.15) is 0 Å². The Labute approximate surface area is 138 Å². The molecule has 3 rings (SSSR count). The average Bonchev–Trinajstić information content (AvgIpc) is 2.96.